The van der Waals surface area contributed by atoms with E-state index in [1.165, 1.54) is 16.7 Å². The van der Waals surface area contributed by atoms with E-state index in [1.807, 2.05) is 0 Å². The van der Waals surface area contributed by atoms with Crippen LogP contribution < -0.4 is 5.32 Å². The Morgan fingerprint density at radius 1 is 1.11 bits per heavy atom. The summed E-state index contributed by atoms with van der Waals surface area (Å²) in [6.07, 6.45) is 1.15. The van der Waals surface area contributed by atoms with Crippen molar-refractivity contribution < 1.29 is 0 Å². The third-order valence-corrected chi connectivity index (χ3v) is 4.41. The van der Waals surface area contributed by atoms with Gasteiger partial charge < -0.3 is 5.32 Å². The fourth-order valence-electron chi connectivity index (χ4n) is 2.33. The number of nitrogens with one attached hydrogen (secondary N) is 1. The highest BCUT2D eigenvalue weighted by Crippen LogP contribution is 2.32. The molecule has 0 fully saturated rings. The van der Waals surface area contributed by atoms with Crippen molar-refractivity contribution in [2.24, 2.45) is 11.3 Å². The van der Waals surface area contributed by atoms with Crippen molar-refractivity contribution in [2.75, 3.05) is 6.54 Å². The molecule has 1 rings (SSSR count). The van der Waals surface area contributed by atoms with Crippen LogP contribution in [0.15, 0.2) is 18.2 Å². The van der Waals surface area contributed by atoms with E-state index in [1.54, 1.807) is 0 Å². The second kappa shape index (κ2) is 6.56. The first-order valence-corrected chi connectivity index (χ1v) is 7.54. The lowest BCUT2D eigenvalue weighted by Gasteiger charge is -2.35. The molecule has 108 valence electrons. The Balaban J connectivity index is 2.91. The minimum atomic E-state index is 0.308. The SMILES string of the molecule is Cc1ccc(C)c(CC(C)(CNC(C)C)C(C)C)c1. The van der Waals surface area contributed by atoms with E-state index in [-0.39, 0.29) is 0 Å². The van der Waals surface area contributed by atoms with Gasteiger partial charge in [0.15, 0.2) is 0 Å². The van der Waals surface area contributed by atoms with Gasteiger partial charge in [-0.1, -0.05) is 58.4 Å². The maximum atomic E-state index is 3.62. The maximum Gasteiger partial charge on any atom is 0.00132 e. The molecule has 1 nitrogen and oxygen atoms in total. The van der Waals surface area contributed by atoms with Crippen LogP contribution >= 0.6 is 0 Å². The molecule has 0 heterocycles. The van der Waals surface area contributed by atoms with E-state index >= 15 is 0 Å². The van der Waals surface area contributed by atoms with E-state index in [0.717, 1.165) is 13.0 Å². The van der Waals surface area contributed by atoms with Gasteiger partial charge in [0, 0.05) is 12.6 Å². The van der Waals surface area contributed by atoms with Crippen LogP contribution in [0, 0.1) is 25.2 Å². The van der Waals surface area contributed by atoms with Gasteiger partial charge in [-0.05, 0) is 42.7 Å². The molecule has 1 aromatic carbocycles. The normalized spacial score (nSPS) is 15.0. The van der Waals surface area contributed by atoms with Gasteiger partial charge in [0.2, 0.25) is 0 Å². The van der Waals surface area contributed by atoms with Crippen molar-refractivity contribution in [2.45, 2.75) is 60.9 Å². The molecule has 1 unspecified atom stereocenters. The standard InChI is InChI=1S/C18H31N/c1-13(2)18(7,12-19-14(3)4)11-17-10-15(5)8-9-16(17)6/h8-10,13-14,19H,11-12H2,1-7H3. The van der Waals surface area contributed by atoms with Crippen LogP contribution in [-0.4, -0.2) is 12.6 Å². The average molecular weight is 261 g/mol. The van der Waals surface area contributed by atoms with Gasteiger partial charge >= 0.3 is 0 Å². The molecule has 1 N–H and O–H groups in total. The predicted molar refractivity (Wildman–Crippen MR) is 85.7 cm³/mol. The lowest BCUT2D eigenvalue weighted by molar-refractivity contribution is 0.201. The van der Waals surface area contributed by atoms with Crippen molar-refractivity contribution in [1.82, 2.24) is 5.32 Å². The predicted octanol–water partition coefficient (Wildman–Crippen LogP) is 4.51. The Morgan fingerprint density at radius 3 is 2.26 bits per heavy atom. The molecule has 0 radical (unpaired) electrons. The molecule has 1 aromatic rings. The van der Waals surface area contributed by atoms with Crippen molar-refractivity contribution in [3.8, 4) is 0 Å². The Bertz CT molecular complexity index is 406. The largest absolute Gasteiger partial charge is 0.314 e. The lowest BCUT2D eigenvalue weighted by Crippen LogP contribution is -2.40. The highest BCUT2D eigenvalue weighted by molar-refractivity contribution is 5.31. The highest BCUT2D eigenvalue weighted by Gasteiger charge is 2.29. The fraction of sp³-hybridized carbons (Fsp3) is 0.667. The van der Waals surface area contributed by atoms with Gasteiger partial charge in [0.25, 0.3) is 0 Å². The summed E-state index contributed by atoms with van der Waals surface area (Å²) in [4.78, 5) is 0. The molecule has 0 spiro atoms. The lowest BCUT2D eigenvalue weighted by atomic mass is 9.73. The van der Waals surface area contributed by atoms with E-state index in [4.69, 9.17) is 0 Å². The molecule has 0 aliphatic carbocycles. The van der Waals surface area contributed by atoms with Crippen LogP contribution in [0.25, 0.3) is 0 Å². The quantitative estimate of drug-likeness (QED) is 0.794. The number of aryl methyl sites for hydroxylation is 2. The second-order valence-corrected chi connectivity index (χ2v) is 6.95. The summed E-state index contributed by atoms with van der Waals surface area (Å²) in [7, 11) is 0. The first kappa shape index (κ1) is 16.2. The van der Waals surface area contributed by atoms with Gasteiger partial charge in [-0.3, -0.25) is 0 Å². The Labute approximate surface area is 119 Å². The Hall–Kier alpha value is -0.820. The van der Waals surface area contributed by atoms with Gasteiger partial charge in [0.1, 0.15) is 0 Å². The molecule has 0 saturated heterocycles. The summed E-state index contributed by atoms with van der Waals surface area (Å²) >= 11 is 0. The molecule has 0 aliphatic rings. The smallest absolute Gasteiger partial charge is 0.00132 e. The summed E-state index contributed by atoms with van der Waals surface area (Å²) in [6, 6.07) is 7.36. The third kappa shape index (κ3) is 4.65. The van der Waals surface area contributed by atoms with Crippen molar-refractivity contribution in [1.29, 1.82) is 0 Å². The van der Waals surface area contributed by atoms with Crippen molar-refractivity contribution >= 4 is 0 Å². The van der Waals surface area contributed by atoms with Gasteiger partial charge in [0.05, 0.1) is 0 Å². The fourth-order valence-corrected chi connectivity index (χ4v) is 2.33. The molecule has 19 heavy (non-hydrogen) atoms. The molecular weight excluding hydrogens is 230 g/mol. The highest BCUT2D eigenvalue weighted by atomic mass is 14.9. The van der Waals surface area contributed by atoms with E-state index in [2.05, 4.69) is 72.0 Å². The summed E-state index contributed by atoms with van der Waals surface area (Å²) in [6.45, 7) is 17.0. The minimum Gasteiger partial charge on any atom is -0.314 e. The Morgan fingerprint density at radius 2 is 1.74 bits per heavy atom. The van der Waals surface area contributed by atoms with E-state index in [9.17, 15) is 0 Å². The Kier molecular flexibility index (Phi) is 5.61. The van der Waals surface area contributed by atoms with Crippen LogP contribution in [-0.2, 0) is 6.42 Å². The molecule has 0 amide bonds. The number of hydrogen-bond acceptors (Lipinski definition) is 1. The molecule has 0 saturated carbocycles. The zero-order valence-electron chi connectivity index (χ0n) is 13.8. The van der Waals surface area contributed by atoms with Gasteiger partial charge in [-0.15, -0.1) is 0 Å². The topological polar surface area (TPSA) is 12.0 Å². The maximum absolute atomic E-state index is 3.62. The molecule has 0 bridgehead atoms. The van der Waals surface area contributed by atoms with Crippen LogP contribution in [0.3, 0.4) is 0 Å². The summed E-state index contributed by atoms with van der Waals surface area (Å²) in [5.41, 5.74) is 4.59. The van der Waals surface area contributed by atoms with Crippen LogP contribution in [0.5, 0.6) is 0 Å². The average Bonchev–Trinajstić information content (AvgIpc) is 2.31. The van der Waals surface area contributed by atoms with E-state index < -0.39 is 0 Å². The molecule has 1 atom stereocenters. The number of rotatable bonds is 6. The summed E-state index contributed by atoms with van der Waals surface area (Å²) < 4.78 is 0. The number of hydrogen-bond donors (Lipinski definition) is 1. The molecule has 1 heteroatoms. The second-order valence-electron chi connectivity index (χ2n) is 6.95. The van der Waals surface area contributed by atoms with Crippen LogP contribution in [0.1, 0.15) is 51.3 Å². The molecule has 0 aliphatic heterocycles. The van der Waals surface area contributed by atoms with Crippen molar-refractivity contribution in [3.05, 3.63) is 34.9 Å². The van der Waals surface area contributed by atoms with Crippen LogP contribution in [0.4, 0.5) is 0 Å². The van der Waals surface area contributed by atoms with Gasteiger partial charge in [-0.25, -0.2) is 0 Å². The van der Waals surface area contributed by atoms with E-state index in [0.29, 0.717) is 17.4 Å². The zero-order valence-corrected chi connectivity index (χ0v) is 13.8. The summed E-state index contributed by atoms with van der Waals surface area (Å²) in [5, 5.41) is 3.62. The number of benzene rings is 1. The first-order valence-electron chi connectivity index (χ1n) is 7.54. The monoisotopic (exact) mass is 261 g/mol. The van der Waals surface area contributed by atoms with Gasteiger partial charge in [-0.2, -0.15) is 0 Å². The first-order chi connectivity index (χ1) is 8.74. The molecular formula is C18H31N. The summed E-state index contributed by atoms with van der Waals surface area (Å²) in [5.74, 6) is 0.665. The zero-order chi connectivity index (χ0) is 14.6. The molecule has 0 aromatic heterocycles. The third-order valence-electron chi connectivity index (χ3n) is 4.41. The van der Waals surface area contributed by atoms with Crippen LogP contribution in [0.2, 0.25) is 0 Å². The minimum absolute atomic E-state index is 0.308. The van der Waals surface area contributed by atoms with Crippen molar-refractivity contribution in [3.63, 3.8) is 0 Å².